The van der Waals surface area contributed by atoms with Crippen molar-refractivity contribution in [3.05, 3.63) is 52.5 Å². The molecule has 0 aliphatic carbocycles. The van der Waals surface area contributed by atoms with Gasteiger partial charge in [0.15, 0.2) is 18.1 Å². The Hall–Kier alpha value is -2.93. The van der Waals surface area contributed by atoms with Gasteiger partial charge in [-0.1, -0.05) is 23.7 Å². The van der Waals surface area contributed by atoms with Gasteiger partial charge in [0.05, 0.1) is 33.8 Å². The standard InChI is InChI=1S/C21H24ClNO6/c1-13(15-5-7-16(22)8-6-15)23-19(24)12-29-20(25)11-14-9-17(26-2)21(28-4)18(10-14)27-3/h5-10,13H,11-12H2,1-4H3,(H,23,24)/t13-/m1/s1. The number of benzene rings is 2. The third-order valence-electron chi connectivity index (χ3n) is 4.18. The first-order valence-electron chi connectivity index (χ1n) is 8.87. The number of nitrogens with one attached hydrogen (secondary N) is 1. The van der Waals surface area contributed by atoms with Crippen molar-refractivity contribution in [3.63, 3.8) is 0 Å². The van der Waals surface area contributed by atoms with Crippen LogP contribution in [0.2, 0.25) is 5.02 Å². The molecular weight excluding hydrogens is 398 g/mol. The molecule has 0 aromatic heterocycles. The van der Waals surface area contributed by atoms with Crippen LogP contribution in [-0.4, -0.2) is 39.8 Å². The minimum atomic E-state index is -0.548. The Morgan fingerprint density at radius 1 is 1.00 bits per heavy atom. The molecule has 0 heterocycles. The van der Waals surface area contributed by atoms with Crippen LogP contribution in [0.15, 0.2) is 36.4 Å². The van der Waals surface area contributed by atoms with Gasteiger partial charge in [-0.05, 0) is 42.3 Å². The van der Waals surface area contributed by atoms with Crippen molar-refractivity contribution in [3.8, 4) is 17.2 Å². The largest absolute Gasteiger partial charge is 0.493 e. The first kappa shape index (κ1) is 22.4. The minimum absolute atomic E-state index is 0.0449. The van der Waals surface area contributed by atoms with Gasteiger partial charge < -0.3 is 24.3 Å². The van der Waals surface area contributed by atoms with Gasteiger partial charge in [0.25, 0.3) is 5.91 Å². The molecule has 7 nitrogen and oxygen atoms in total. The fourth-order valence-corrected chi connectivity index (χ4v) is 2.85. The zero-order valence-electron chi connectivity index (χ0n) is 16.8. The van der Waals surface area contributed by atoms with Gasteiger partial charge in [0.2, 0.25) is 5.75 Å². The maximum absolute atomic E-state index is 12.1. The van der Waals surface area contributed by atoms with Gasteiger partial charge in [-0.25, -0.2) is 0 Å². The van der Waals surface area contributed by atoms with E-state index in [-0.39, 0.29) is 19.1 Å². The summed E-state index contributed by atoms with van der Waals surface area (Å²) in [6.07, 6.45) is -0.0449. The summed E-state index contributed by atoms with van der Waals surface area (Å²) in [6.45, 7) is 1.46. The Morgan fingerprint density at radius 3 is 2.10 bits per heavy atom. The van der Waals surface area contributed by atoms with E-state index in [9.17, 15) is 9.59 Å². The Morgan fingerprint density at radius 2 is 1.59 bits per heavy atom. The van der Waals surface area contributed by atoms with Crippen molar-refractivity contribution in [1.82, 2.24) is 5.32 Å². The summed E-state index contributed by atoms with van der Waals surface area (Å²) >= 11 is 5.86. The van der Waals surface area contributed by atoms with Crippen LogP contribution in [0.3, 0.4) is 0 Å². The molecule has 0 fully saturated rings. The molecule has 1 amide bonds. The molecule has 2 rings (SSSR count). The Bertz CT molecular complexity index is 828. The zero-order chi connectivity index (χ0) is 21.4. The average Bonchev–Trinajstić information content (AvgIpc) is 2.71. The zero-order valence-corrected chi connectivity index (χ0v) is 17.5. The van der Waals surface area contributed by atoms with E-state index in [0.29, 0.717) is 27.8 Å². The van der Waals surface area contributed by atoms with Crippen molar-refractivity contribution >= 4 is 23.5 Å². The van der Waals surface area contributed by atoms with Crippen LogP contribution < -0.4 is 19.5 Å². The molecule has 2 aromatic rings. The van der Waals surface area contributed by atoms with E-state index in [4.69, 9.17) is 30.5 Å². The maximum Gasteiger partial charge on any atom is 0.310 e. The molecule has 29 heavy (non-hydrogen) atoms. The van der Waals surface area contributed by atoms with Gasteiger partial charge in [-0.15, -0.1) is 0 Å². The van der Waals surface area contributed by atoms with Gasteiger partial charge in [-0.2, -0.15) is 0 Å². The van der Waals surface area contributed by atoms with Crippen molar-refractivity contribution in [1.29, 1.82) is 0 Å². The molecule has 0 bridgehead atoms. The smallest absolute Gasteiger partial charge is 0.310 e. The maximum atomic E-state index is 12.1. The van der Waals surface area contributed by atoms with E-state index >= 15 is 0 Å². The molecule has 0 saturated carbocycles. The number of carbonyl (C=O) groups excluding carboxylic acids is 2. The first-order chi connectivity index (χ1) is 13.9. The van der Waals surface area contributed by atoms with Crippen molar-refractivity contribution < 1.29 is 28.5 Å². The quantitative estimate of drug-likeness (QED) is 0.625. The Kier molecular flexibility index (Phi) is 8.15. The van der Waals surface area contributed by atoms with Crippen LogP contribution in [0, 0.1) is 0 Å². The molecule has 1 atom stereocenters. The second-order valence-corrected chi connectivity index (χ2v) is 6.65. The van der Waals surface area contributed by atoms with Gasteiger partial charge in [0.1, 0.15) is 0 Å². The van der Waals surface area contributed by atoms with Crippen molar-refractivity contribution in [2.45, 2.75) is 19.4 Å². The Balaban J connectivity index is 1.90. The number of carbonyl (C=O) groups is 2. The highest BCUT2D eigenvalue weighted by Gasteiger charge is 2.16. The number of hydrogen-bond donors (Lipinski definition) is 1. The summed E-state index contributed by atoms with van der Waals surface area (Å²) in [4.78, 5) is 24.2. The molecular formula is C21H24ClNO6. The third-order valence-corrected chi connectivity index (χ3v) is 4.44. The lowest BCUT2D eigenvalue weighted by Gasteiger charge is -2.15. The topological polar surface area (TPSA) is 83.1 Å². The number of halogens is 1. The summed E-state index contributed by atoms with van der Waals surface area (Å²) < 4.78 is 20.9. The number of esters is 1. The number of methoxy groups -OCH3 is 3. The van der Waals surface area contributed by atoms with Gasteiger partial charge in [0, 0.05) is 5.02 Å². The molecule has 0 aliphatic rings. The number of rotatable bonds is 9. The molecule has 0 saturated heterocycles. The van der Waals surface area contributed by atoms with Crippen molar-refractivity contribution in [2.24, 2.45) is 0 Å². The predicted octanol–water partition coefficient (Wildman–Crippen LogP) is 3.33. The van der Waals surface area contributed by atoms with Crippen LogP contribution >= 0.6 is 11.6 Å². The lowest BCUT2D eigenvalue weighted by molar-refractivity contribution is -0.148. The lowest BCUT2D eigenvalue weighted by Crippen LogP contribution is -2.31. The van der Waals surface area contributed by atoms with Gasteiger partial charge >= 0.3 is 5.97 Å². The van der Waals surface area contributed by atoms with E-state index in [1.54, 1.807) is 24.3 Å². The fourth-order valence-electron chi connectivity index (χ4n) is 2.72. The van der Waals surface area contributed by atoms with Gasteiger partial charge in [-0.3, -0.25) is 9.59 Å². The third kappa shape index (κ3) is 6.29. The summed E-state index contributed by atoms with van der Waals surface area (Å²) in [7, 11) is 4.48. The van der Waals surface area contributed by atoms with Crippen LogP contribution in [-0.2, 0) is 20.7 Å². The summed E-state index contributed by atoms with van der Waals surface area (Å²) in [5.41, 5.74) is 1.51. The highest BCUT2D eigenvalue weighted by molar-refractivity contribution is 6.30. The highest BCUT2D eigenvalue weighted by atomic mass is 35.5. The SMILES string of the molecule is COc1cc(CC(=O)OCC(=O)N[C@H](C)c2ccc(Cl)cc2)cc(OC)c1OC. The molecule has 156 valence electrons. The van der Waals surface area contributed by atoms with Crippen LogP contribution in [0.25, 0.3) is 0 Å². The lowest BCUT2D eigenvalue weighted by atomic mass is 10.1. The average molecular weight is 422 g/mol. The summed E-state index contributed by atoms with van der Waals surface area (Å²) in [6, 6.07) is 10.2. The van der Waals surface area contributed by atoms with E-state index in [1.165, 1.54) is 21.3 Å². The van der Waals surface area contributed by atoms with Crippen LogP contribution in [0.5, 0.6) is 17.2 Å². The molecule has 2 aromatic carbocycles. The number of amides is 1. The van der Waals surface area contributed by atoms with E-state index in [0.717, 1.165) is 5.56 Å². The molecule has 8 heteroatoms. The normalized spacial score (nSPS) is 11.3. The van der Waals surface area contributed by atoms with E-state index in [2.05, 4.69) is 5.32 Å². The predicted molar refractivity (Wildman–Crippen MR) is 109 cm³/mol. The number of ether oxygens (including phenoxy) is 4. The highest BCUT2D eigenvalue weighted by Crippen LogP contribution is 2.38. The second kappa shape index (κ2) is 10.6. The van der Waals surface area contributed by atoms with E-state index in [1.807, 2.05) is 19.1 Å². The molecule has 1 N–H and O–H groups in total. The first-order valence-corrected chi connectivity index (χ1v) is 9.25. The summed E-state index contributed by atoms with van der Waals surface area (Å²) in [5.74, 6) is 0.357. The second-order valence-electron chi connectivity index (χ2n) is 6.21. The molecule has 0 spiro atoms. The minimum Gasteiger partial charge on any atom is -0.493 e. The molecule has 0 aliphatic heterocycles. The van der Waals surface area contributed by atoms with Crippen molar-refractivity contribution in [2.75, 3.05) is 27.9 Å². The molecule has 0 radical (unpaired) electrons. The fraction of sp³-hybridized carbons (Fsp3) is 0.333. The van der Waals surface area contributed by atoms with E-state index < -0.39 is 11.9 Å². The summed E-state index contributed by atoms with van der Waals surface area (Å²) in [5, 5.41) is 3.39. The molecule has 0 unspecified atom stereocenters. The van der Waals surface area contributed by atoms with Crippen LogP contribution in [0.1, 0.15) is 24.1 Å². The monoisotopic (exact) mass is 421 g/mol. The van der Waals surface area contributed by atoms with Crippen LogP contribution in [0.4, 0.5) is 0 Å². The Labute approximate surface area is 174 Å². The number of hydrogen-bond acceptors (Lipinski definition) is 6.